The van der Waals surface area contributed by atoms with E-state index >= 15 is 0 Å². The number of nitrogens with zero attached hydrogens (tertiary/aromatic N) is 3. The number of likely N-dealkylation sites (tertiary alicyclic amines) is 1. The molecule has 1 aromatic rings. The van der Waals surface area contributed by atoms with Crippen molar-refractivity contribution in [3.05, 3.63) is 17.7 Å². The monoisotopic (exact) mass is 446 g/mol. The van der Waals surface area contributed by atoms with Crippen LogP contribution < -0.4 is 0 Å². The Morgan fingerprint density at radius 1 is 1.35 bits per heavy atom. The maximum absolute atomic E-state index is 13.0. The highest BCUT2D eigenvalue weighted by Gasteiger charge is 2.48. The zero-order valence-electron chi connectivity index (χ0n) is 17.8. The average molecular weight is 446 g/mol. The molecule has 31 heavy (non-hydrogen) atoms. The van der Waals surface area contributed by atoms with Crippen LogP contribution in [0.2, 0.25) is 0 Å². The van der Waals surface area contributed by atoms with Gasteiger partial charge < -0.3 is 24.1 Å². The Labute approximate surface area is 179 Å². The van der Waals surface area contributed by atoms with E-state index in [9.17, 15) is 18.0 Å². The number of H-pyrrole nitrogens is 1. The predicted molar refractivity (Wildman–Crippen MR) is 103 cm³/mol. The number of amides is 1. The van der Waals surface area contributed by atoms with Crippen LogP contribution in [0.5, 0.6) is 0 Å². The van der Waals surface area contributed by atoms with Gasteiger partial charge in [0, 0.05) is 39.7 Å². The smallest absolute Gasteiger partial charge is 0.378 e. The fourth-order valence-corrected chi connectivity index (χ4v) is 4.54. The van der Waals surface area contributed by atoms with Crippen LogP contribution in [0.25, 0.3) is 0 Å². The van der Waals surface area contributed by atoms with Crippen molar-refractivity contribution in [3.63, 3.8) is 0 Å². The third-order valence-corrected chi connectivity index (χ3v) is 6.64. The lowest BCUT2D eigenvalue weighted by molar-refractivity contribution is -0.145. The maximum atomic E-state index is 13.0. The number of aromatic nitrogens is 2. The lowest BCUT2D eigenvalue weighted by atomic mass is 9.92. The van der Waals surface area contributed by atoms with Crippen LogP contribution in [0.3, 0.4) is 0 Å². The van der Waals surface area contributed by atoms with Crippen molar-refractivity contribution < 1.29 is 32.2 Å². The van der Waals surface area contributed by atoms with Crippen molar-refractivity contribution in [2.24, 2.45) is 0 Å². The summed E-state index contributed by atoms with van der Waals surface area (Å²) in [5.74, 6) is 0.224. The van der Waals surface area contributed by atoms with Crippen LogP contribution in [-0.2, 0) is 31.7 Å². The molecule has 4 rings (SSSR count). The highest BCUT2D eigenvalue weighted by molar-refractivity contribution is 5.81. The third kappa shape index (κ3) is 4.89. The molecule has 2 atom stereocenters. The van der Waals surface area contributed by atoms with Gasteiger partial charge in [-0.25, -0.2) is 4.98 Å². The summed E-state index contributed by atoms with van der Waals surface area (Å²) in [5, 5.41) is 0. The van der Waals surface area contributed by atoms with Gasteiger partial charge in [-0.2, -0.15) is 13.2 Å². The molecule has 1 spiro atoms. The molecule has 3 fully saturated rings. The van der Waals surface area contributed by atoms with E-state index in [0.717, 1.165) is 19.0 Å². The van der Waals surface area contributed by atoms with Gasteiger partial charge in [-0.05, 0) is 19.8 Å². The van der Waals surface area contributed by atoms with Crippen LogP contribution >= 0.6 is 0 Å². The predicted octanol–water partition coefficient (Wildman–Crippen LogP) is 1.82. The second-order valence-corrected chi connectivity index (χ2v) is 8.97. The largest absolute Gasteiger partial charge is 0.432 e. The number of hydrogen-bond donors (Lipinski definition) is 1. The zero-order valence-corrected chi connectivity index (χ0v) is 17.8. The first kappa shape index (κ1) is 22.5. The Bertz CT molecular complexity index is 794. The molecule has 8 nitrogen and oxygen atoms in total. The second-order valence-electron chi connectivity index (χ2n) is 8.97. The topological polar surface area (TPSA) is 79.9 Å². The van der Waals surface area contributed by atoms with E-state index in [1.54, 1.807) is 7.11 Å². The van der Waals surface area contributed by atoms with E-state index in [2.05, 4.69) is 16.9 Å². The number of piperidine rings is 1. The Morgan fingerprint density at radius 3 is 2.74 bits per heavy atom. The summed E-state index contributed by atoms with van der Waals surface area (Å²) in [5.41, 5.74) is -1.68. The van der Waals surface area contributed by atoms with E-state index in [1.807, 2.05) is 9.80 Å². The van der Waals surface area contributed by atoms with Gasteiger partial charge >= 0.3 is 6.18 Å². The molecule has 0 radical (unpaired) electrons. The molecule has 1 N–H and O–H groups in total. The van der Waals surface area contributed by atoms with E-state index in [-0.39, 0.29) is 30.5 Å². The molecule has 0 unspecified atom stereocenters. The fourth-order valence-electron chi connectivity index (χ4n) is 4.54. The van der Waals surface area contributed by atoms with Crippen molar-refractivity contribution in [3.8, 4) is 0 Å². The second kappa shape index (κ2) is 8.34. The molecule has 11 heteroatoms. The number of ether oxygens (including phenoxy) is 3. The molecule has 0 bridgehead atoms. The van der Waals surface area contributed by atoms with Gasteiger partial charge in [0.2, 0.25) is 0 Å². The SMILES string of the molecule is COC1(C)CCN(C(=O)[C@@H]2C[C@@]3(CO2)CN(Cc2ncc(C(F)(F)F)[nH]2)CCO3)CC1. The summed E-state index contributed by atoms with van der Waals surface area (Å²) in [6, 6.07) is 0. The number of rotatable bonds is 4. The van der Waals surface area contributed by atoms with Crippen LogP contribution in [0.1, 0.15) is 37.7 Å². The first-order valence-corrected chi connectivity index (χ1v) is 10.5. The summed E-state index contributed by atoms with van der Waals surface area (Å²) in [4.78, 5) is 23.0. The van der Waals surface area contributed by atoms with Gasteiger partial charge in [-0.15, -0.1) is 0 Å². The van der Waals surface area contributed by atoms with Crippen LogP contribution in [-0.4, -0.2) is 89.5 Å². The molecule has 174 valence electrons. The Kier molecular flexibility index (Phi) is 6.06. The van der Waals surface area contributed by atoms with Crippen molar-refractivity contribution in [2.45, 2.75) is 56.2 Å². The molecule has 4 heterocycles. The summed E-state index contributed by atoms with van der Waals surface area (Å²) in [7, 11) is 1.69. The van der Waals surface area contributed by atoms with Crippen LogP contribution in [0.4, 0.5) is 13.2 Å². The van der Waals surface area contributed by atoms with E-state index in [4.69, 9.17) is 14.2 Å². The highest BCUT2D eigenvalue weighted by Crippen LogP contribution is 2.34. The number of carbonyl (C=O) groups is 1. The molecule has 1 amide bonds. The van der Waals surface area contributed by atoms with Gasteiger partial charge in [-0.1, -0.05) is 0 Å². The standard InChI is InChI=1S/C20H29F3N4O4/c1-18(29-2)3-5-27(6-4-18)17(28)14-9-19(13-30-14)12-26(7-8-31-19)11-16-24-10-15(25-16)20(21,22)23/h10,14H,3-9,11-13H2,1-2H3,(H,24,25)/t14-,19-/m0/s1. The van der Waals surface area contributed by atoms with Crippen LogP contribution in [0.15, 0.2) is 6.20 Å². The van der Waals surface area contributed by atoms with E-state index in [0.29, 0.717) is 39.2 Å². The minimum atomic E-state index is -4.44. The molecule has 3 saturated heterocycles. The quantitative estimate of drug-likeness (QED) is 0.760. The summed E-state index contributed by atoms with van der Waals surface area (Å²) < 4.78 is 55.8. The fraction of sp³-hybridized carbons (Fsp3) is 0.800. The number of aromatic amines is 1. The first-order chi connectivity index (χ1) is 14.6. The number of morpholine rings is 1. The number of nitrogens with one attached hydrogen (secondary N) is 1. The zero-order chi connectivity index (χ0) is 22.3. The third-order valence-electron chi connectivity index (χ3n) is 6.64. The first-order valence-electron chi connectivity index (χ1n) is 10.5. The van der Waals surface area contributed by atoms with Gasteiger partial charge in [0.15, 0.2) is 0 Å². The van der Waals surface area contributed by atoms with Gasteiger partial charge in [-0.3, -0.25) is 9.69 Å². The Balaban J connectivity index is 1.33. The molecule has 3 aliphatic heterocycles. The van der Waals surface area contributed by atoms with Crippen molar-refractivity contribution in [2.75, 3.05) is 46.5 Å². The minimum Gasteiger partial charge on any atom is -0.378 e. The molecule has 1 aromatic heterocycles. The Hall–Kier alpha value is -1.69. The van der Waals surface area contributed by atoms with Gasteiger partial charge in [0.1, 0.15) is 23.2 Å². The van der Waals surface area contributed by atoms with Crippen molar-refractivity contribution in [1.29, 1.82) is 0 Å². The van der Waals surface area contributed by atoms with E-state index in [1.165, 1.54) is 0 Å². The summed E-state index contributed by atoms with van der Waals surface area (Å²) >= 11 is 0. The molecule has 3 aliphatic rings. The number of methoxy groups -OCH3 is 1. The number of carbonyl (C=O) groups excluding carboxylic acids is 1. The summed E-state index contributed by atoms with van der Waals surface area (Å²) in [6.07, 6.45) is -2.20. The minimum absolute atomic E-state index is 0.0309. The number of alkyl halides is 3. The number of imidazole rings is 1. The highest BCUT2D eigenvalue weighted by atomic mass is 19.4. The molecular weight excluding hydrogens is 417 g/mol. The summed E-state index contributed by atoms with van der Waals surface area (Å²) in [6.45, 7) is 5.32. The van der Waals surface area contributed by atoms with Gasteiger partial charge in [0.05, 0.1) is 31.6 Å². The lowest BCUT2D eigenvalue weighted by Gasteiger charge is -2.40. The molecule has 0 aliphatic carbocycles. The Morgan fingerprint density at radius 2 is 2.10 bits per heavy atom. The van der Waals surface area contributed by atoms with Crippen molar-refractivity contribution in [1.82, 2.24) is 19.8 Å². The molecule has 0 aromatic carbocycles. The molecular formula is C20H29F3N4O4. The van der Waals surface area contributed by atoms with Crippen molar-refractivity contribution >= 4 is 5.91 Å². The van der Waals surface area contributed by atoms with E-state index < -0.39 is 23.6 Å². The normalized spacial score (nSPS) is 29.6. The lowest BCUT2D eigenvalue weighted by Crippen LogP contribution is -2.53. The maximum Gasteiger partial charge on any atom is 0.432 e. The number of hydrogen-bond acceptors (Lipinski definition) is 6. The van der Waals surface area contributed by atoms with Gasteiger partial charge in [0.25, 0.3) is 5.91 Å². The average Bonchev–Trinajstić information content (AvgIpc) is 3.36. The number of halogens is 3. The van der Waals surface area contributed by atoms with Crippen LogP contribution in [0, 0.1) is 0 Å². The molecule has 0 saturated carbocycles.